The van der Waals surface area contributed by atoms with Crippen LogP contribution in [0.25, 0.3) is 10.9 Å². The first-order chi connectivity index (χ1) is 24.3. The predicted molar refractivity (Wildman–Crippen MR) is 200 cm³/mol. The van der Waals surface area contributed by atoms with Crippen molar-refractivity contribution in [3.63, 3.8) is 0 Å². The number of halogens is 4. The van der Waals surface area contributed by atoms with Gasteiger partial charge in [0, 0.05) is 74.9 Å². The van der Waals surface area contributed by atoms with Gasteiger partial charge in [0.1, 0.15) is 17.2 Å². The smallest absolute Gasteiger partial charge is 0.416 e. The molecule has 0 radical (unpaired) electrons. The topological polar surface area (TPSA) is 80.1 Å². The minimum absolute atomic E-state index is 0. The molecule has 52 heavy (non-hydrogen) atoms. The van der Waals surface area contributed by atoms with Crippen LogP contribution in [0, 0.1) is 6.92 Å². The Kier molecular flexibility index (Phi) is 11.6. The Hall–Kier alpha value is -4.88. The van der Waals surface area contributed by atoms with Crippen molar-refractivity contribution in [3.05, 3.63) is 113 Å². The van der Waals surface area contributed by atoms with E-state index in [1.807, 2.05) is 67.6 Å². The second-order valence-electron chi connectivity index (χ2n) is 13.0. The molecule has 1 saturated heterocycles. The molecule has 0 aliphatic carbocycles. The van der Waals surface area contributed by atoms with Crippen LogP contribution in [0.1, 0.15) is 51.4 Å². The molecule has 0 saturated carbocycles. The summed E-state index contributed by atoms with van der Waals surface area (Å²) in [7, 11) is 3.41. The van der Waals surface area contributed by atoms with Crippen molar-refractivity contribution < 1.29 is 32.2 Å². The van der Waals surface area contributed by atoms with Crippen LogP contribution in [0.4, 0.5) is 18.9 Å². The van der Waals surface area contributed by atoms with E-state index in [4.69, 9.17) is 9.47 Å². The van der Waals surface area contributed by atoms with Crippen molar-refractivity contribution in [2.75, 3.05) is 38.1 Å². The third-order valence-corrected chi connectivity index (χ3v) is 9.11. The molecule has 1 fully saturated rings. The number of carbonyl (C=O) groups excluding carboxylic acids is 2. The predicted octanol–water partition coefficient (Wildman–Crippen LogP) is 8.29. The Bertz CT molecular complexity index is 2020. The van der Waals surface area contributed by atoms with Gasteiger partial charge in [-0.15, -0.1) is 17.0 Å². The number of amides is 2. The van der Waals surface area contributed by atoms with Crippen molar-refractivity contribution in [1.82, 2.24) is 19.4 Å². The van der Waals surface area contributed by atoms with Crippen LogP contribution in [0.5, 0.6) is 17.4 Å². The molecule has 1 aliphatic heterocycles. The van der Waals surface area contributed by atoms with Gasteiger partial charge in [-0.1, -0.05) is 12.1 Å². The lowest BCUT2D eigenvalue weighted by Crippen LogP contribution is -2.48. The zero-order valence-corrected chi connectivity index (χ0v) is 31.3. The molecule has 6 rings (SSSR count). The number of nitrogens with zero attached hydrogens (tertiary/aromatic N) is 5. The van der Waals surface area contributed by atoms with Crippen molar-refractivity contribution in [1.29, 1.82) is 0 Å². The maximum Gasteiger partial charge on any atom is 0.416 e. The third kappa shape index (κ3) is 8.42. The summed E-state index contributed by atoms with van der Waals surface area (Å²) in [5.74, 6) is 1.23. The minimum atomic E-state index is -4.48. The number of hydrogen-bond acceptors (Lipinski definition) is 6. The summed E-state index contributed by atoms with van der Waals surface area (Å²) < 4.78 is 52.5. The number of ether oxygens (including phenoxy) is 2. The highest BCUT2D eigenvalue weighted by molar-refractivity contribution is 8.93. The molecule has 0 atom stereocenters. The number of rotatable bonds is 9. The molecule has 13 heteroatoms. The zero-order valence-electron chi connectivity index (χ0n) is 29.6. The van der Waals surface area contributed by atoms with Crippen LogP contribution < -0.4 is 14.4 Å². The highest BCUT2D eigenvalue weighted by atomic mass is 79.9. The molecule has 0 bridgehead atoms. The molecular formula is C39H41BrF3N5O4. The van der Waals surface area contributed by atoms with E-state index in [9.17, 15) is 22.8 Å². The van der Waals surface area contributed by atoms with Crippen LogP contribution in [0.2, 0.25) is 0 Å². The number of piperazine rings is 1. The Labute approximate surface area is 311 Å². The van der Waals surface area contributed by atoms with Gasteiger partial charge in [-0.3, -0.25) is 14.5 Å². The van der Waals surface area contributed by atoms with E-state index in [0.717, 1.165) is 66.1 Å². The summed E-state index contributed by atoms with van der Waals surface area (Å²) in [5, 5.41) is 0.889. The molecule has 3 heterocycles. The second kappa shape index (κ2) is 15.8. The molecule has 2 aromatic heterocycles. The molecule has 0 spiro atoms. The largest absolute Gasteiger partial charge is 0.491 e. The van der Waals surface area contributed by atoms with Crippen LogP contribution in [-0.4, -0.2) is 70.5 Å². The number of alkyl halides is 3. The lowest BCUT2D eigenvalue weighted by atomic mass is 10.1. The maximum absolute atomic E-state index is 13.7. The average molecular weight is 781 g/mol. The molecular weight excluding hydrogens is 739 g/mol. The number of aryl methyl sites for hydroxylation is 2. The first kappa shape index (κ1) is 38.4. The number of benzene rings is 3. The summed E-state index contributed by atoms with van der Waals surface area (Å²) in [5.41, 5.74) is 3.29. The van der Waals surface area contributed by atoms with E-state index in [1.165, 1.54) is 23.7 Å². The van der Waals surface area contributed by atoms with E-state index in [-0.39, 0.29) is 34.6 Å². The molecule has 274 valence electrons. The lowest BCUT2D eigenvalue weighted by Gasteiger charge is -2.34. The van der Waals surface area contributed by atoms with E-state index >= 15 is 0 Å². The van der Waals surface area contributed by atoms with E-state index < -0.39 is 17.6 Å². The standard InChI is InChI=1S/C39H40F3N5O4.BrH/c1-25(2)50-31-13-6-27(7-14-31)24-46-18-20-47(21-19-46)38(49)34-22-32-26(3)35(16-15-33(32)45(34)5)51-36-17-12-30(23-43-36)44(4)37(48)28-8-10-29(11-9-28)39(40,41)42;/h6-17,22-23,25H,18-21,24H2,1-5H3;1H. The zero-order chi connectivity index (χ0) is 36.4. The molecule has 2 amide bonds. The van der Waals surface area contributed by atoms with Gasteiger partial charge in [0.15, 0.2) is 0 Å². The number of carbonyl (C=O) groups is 2. The van der Waals surface area contributed by atoms with E-state index in [2.05, 4.69) is 22.0 Å². The first-order valence-corrected chi connectivity index (χ1v) is 16.7. The van der Waals surface area contributed by atoms with Gasteiger partial charge in [0.2, 0.25) is 5.88 Å². The third-order valence-electron chi connectivity index (χ3n) is 9.11. The molecule has 0 N–H and O–H groups in total. The Morgan fingerprint density at radius 1 is 0.923 bits per heavy atom. The van der Waals surface area contributed by atoms with Gasteiger partial charge in [0.25, 0.3) is 11.8 Å². The fourth-order valence-corrected chi connectivity index (χ4v) is 6.18. The summed E-state index contributed by atoms with van der Waals surface area (Å²) in [4.78, 5) is 36.5. The first-order valence-electron chi connectivity index (χ1n) is 16.7. The van der Waals surface area contributed by atoms with Crippen LogP contribution >= 0.6 is 17.0 Å². The van der Waals surface area contributed by atoms with Crippen LogP contribution in [0.15, 0.2) is 85.1 Å². The SMILES string of the molecule is Br.Cc1c(Oc2ccc(N(C)C(=O)c3ccc(C(F)(F)F)cc3)cn2)ccc2c1cc(C(=O)N1CCN(Cc3ccc(OC(C)C)cc3)CC1)n2C. The van der Waals surface area contributed by atoms with E-state index in [1.54, 1.807) is 12.1 Å². The number of fused-ring (bicyclic) bond motifs is 1. The summed E-state index contributed by atoms with van der Waals surface area (Å²) in [6, 6.07) is 21.2. The monoisotopic (exact) mass is 779 g/mol. The van der Waals surface area contributed by atoms with Gasteiger partial charge in [-0.25, -0.2) is 4.98 Å². The molecule has 0 unspecified atom stereocenters. The fourth-order valence-electron chi connectivity index (χ4n) is 6.18. The van der Waals surface area contributed by atoms with Crippen molar-refractivity contribution in [3.8, 4) is 17.4 Å². The molecule has 5 aromatic rings. The van der Waals surface area contributed by atoms with Crippen molar-refractivity contribution in [2.24, 2.45) is 7.05 Å². The molecule has 1 aliphatic rings. The van der Waals surface area contributed by atoms with Gasteiger partial charge in [-0.2, -0.15) is 13.2 Å². The quantitative estimate of drug-likeness (QED) is 0.150. The maximum atomic E-state index is 13.7. The fraction of sp³-hybridized carbons (Fsp3) is 0.308. The number of anilines is 1. The van der Waals surface area contributed by atoms with Gasteiger partial charge >= 0.3 is 6.18 Å². The Morgan fingerprint density at radius 3 is 2.19 bits per heavy atom. The minimum Gasteiger partial charge on any atom is -0.491 e. The highest BCUT2D eigenvalue weighted by Gasteiger charge is 2.30. The molecule has 9 nitrogen and oxygen atoms in total. The number of hydrogen-bond donors (Lipinski definition) is 0. The summed E-state index contributed by atoms with van der Waals surface area (Å²) in [6.45, 7) is 9.58. The lowest BCUT2D eigenvalue weighted by molar-refractivity contribution is -0.137. The van der Waals surface area contributed by atoms with Crippen LogP contribution in [0.3, 0.4) is 0 Å². The van der Waals surface area contributed by atoms with Crippen LogP contribution in [-0.2, 0) is 19.8 Å². The van der Waals surface area contributed by atoms with Gasteiger partial charge in [0.05, 0.1) is 23.6 Å². The van der Waals surface area contributed by atoms with E-state index in [0.29, 0.717) is 36.1 Å². The summed E-state index contributed by atoms with van der Waals surface area (Å²) in [6.07, 6.45) is -2.89. The normalized spacial score (nSPS) is 13.6. The molecule has 3 aromatic carbocycles. The highest BCUT2D eigenvalue weighted by Crippen LogP contribution is 2.33. The second-order valence-corrected chi connectivity index (χ2v) is 13.0. The number of aromatic nitrogens is 2. The Morgan fingerprint density at radius 2 is 1.60 bits per heavy atom. The van der Waals surface area contributed by atoms with Crippen molar-refractivity contribution in [2.45, 2.75) is 39.6 Å². The van der Waals surface area contributed by atoms with Gasteiger partial charge < -0.3 is 23.8 Å². The summed E-state index contributed by atoms with van der Waals surface area (Å²) >= 11 is 0. The number of pyridine rings is 1. The average Bonchev–Trinajstić information content (AvgIpc) is 3.46. The Balaban J connectivity index is 0.00000523. The van der Waals surface area contributed by atoms with Crippen molar-refractivity contribution >= 4 is 45.4 Å². The van der Waals surface area contributed by atoms with Gasteiger partial charge in [-0.05, 0) is 87.0 Å².